The fourth-order valence-corrected chi connectivity index (χ4v) is 5.59. The number of nitrogens with one attached hydrogen (secondary N) is 1. The second-order valence-electron chi connectivity index (χ2n) is 10.9. The SMILES string of the molecule is C\C=C/C(C)=C\C=C\C(CO)N1CCC(N2CCN(c3nc(N)c(/C(C)=N/N=C(\C)CO)[nH]c3=O)CC2CC)CC1. The minimum absolute atomic E-state index is 0.0230. The fourth-order valence-electron chi connectivity index (χ4n) is 5.59. The van der Waals surface area contributed by atoms with E-state index in [9.17, 15) is 9.90 Å². The van der Waals surface area contributed by atoms with E-state index in [0.717, 1.165) is 38.9 Å². The highest BCUT2D eigenvalue weighted by Gasteiger charge is 2.35. The molecule has 3 heterocycles. The molecule has 0 aromatic carbocycles. The van der Waals surface area contributed by atoms with Gasteiger partial charge in [-0.25, -0.2) is 4.98 Å². The van der Waals surface area contributed by atoms with Crippen molar-refractivity contribution in [3.8, 4) is 0 Å². The van der Waals surface area contributed by atoms with Crippen molar-refractivity contribution >= 4 is 23.1 Å². The lowest BCUT2D eigenvalue weighted by Crippen LogP contribution is -2.59. The van der Waals surface area contributed by atoms with Crippen LogP contribution in [0.1, 0.15) is 59.6 Å². The van der Waals surface area contributed by atoms with Crippen molar-refractivity contribution in [2.45, 2.75) is 72.0 Å². The summed E-state index contributed by atoms with van der Waals surface area (Å²) in [5.41, 5.74) is 8.32. The van der Waals surface area contributed by atoms with Crippen LogP contribution in [-0.2, 0) is 0 Å². The molecule has 0 radical (unpaired) electrons. The maximum absolute atomic E-state index is 13.0. The number of H-pyrrole nitrogens is 1. The molecular formula is C30H48N8O3. The van der Waals surface area contributed by atoms with Gasteiger partial charge in [-0.15, -0.1) is 0 Å². The zero-order chi connectivity index (χ0) is 29.9. The van der Waals surface area contributed by atoms with Gasteiger partial charge in [-0.05, 0) is 47.0 Å². The van der Waals surface area contributed by atoms with Gasteiger partial charge in [0.25, 0.3) is 5.56 Å². The van der Waals surface area contributed by atoms with Crippen molar-refractivity contribution in [1.82, 2.24) is 19.8 Å². The van der Waals surface area contributed by atoms with Gasteiger partial charge in [0.2, 0.25) is 0 Å². The number of anilines is 2. The summed E-state index contributed by atoms with van der Waals surface area (Å²) >= 11 is 0. The molecule has 226 valence electrons. The lowest BCUT2D eigenvalue weighted by molar-refractivity contribution is 0.0459. The van der Waals surface area contributed by atoms with Gasteiger partial charge >= 0.3 is 0 Å². The Hall–Kier alpha value is -3.12. The molecule has 11 heteroatoms. The largest absolute Gasteiger partial charge is 0.394 e. The average molecular weight is 569 g/mol. The lowest BCUT2D eigenvalue weighted by Gasteiger charge is -2.48. The van der Waals surface area contributed by atoms with Gasteiger partial charge in [0, 0.05) is 44.8 Å². The molecule has 0 aliphatic carbocycles. The number of aromatic amines is 1. The first-order valence-electron chi connectivity index (χ1n) is 14.6. The summed E-state index contributed by atoms with van der Waals surface area (Å²) in [4.78, 5) is 27.4. The van der Waals surface area contributed by atoms with Crippen LogP contribution < -0.4 is 16.2 Å². The highest BCUT2D eigenvalue weighted by Crippen LogP contribution is 2.26. The molecule has 2 atom stereocenters. The third-order valence-electron chi connectivity index (χ3n) is 7.93. The van der Waals surface area contributed by atoms with Gasteiger partial charge < -0.3 is 25.8 Å². The predicted octanol–water partition coefficient (Wildman–Crippen LogP) is 2.33. The van der Waals surface area contributed by atoms with Gasteiger partial charge in [-0.2, -0.15) is 10.2 Å². The Labute approximate surface area is 243 Å². The zero-order valence-electron chi connectivity index (χ0n) is 25.3. The van der Waals surface area contributed by atoms with Crippen LogP contribution in [0, 0.1) is 0 Å². The summed E-state index contributed by atoms with van der Waals surface area (Å²) in [6.07, 6.45) is 13.4. The number of allylic oxidation sites excluding steroid dienone is 5. The first kappa shape index (κ1) is 32.4. The predicted molar refractivity (Wildman–Crippen MR) is 168 cm³/mol. The molecule has 0 spiro atoms. The summed E-state index contributed by atoms with van der Waals surface area (Å²) in [5, 5.41) is 27.1. The van der Waals surface area contributed by atoms with E-state index < -0.39 is 0 Å². The number of nitrogens with zero attached hydrogens (tertiary/aromatic N) is 6. The smallest absolute Gasteiger partial charge is 0.291 e. The molecule has 5 N–H and O–H groups in total. The molecule has 2 aliphatic heterocycles. The molecule has 3 rings (SSSR count). The number of nitrogen functional groups attached to an aromatic ring is 1. The van der Waals surface area contributed by atoms with E-state index in [4.69, 9.17) is 10.8 Å². The van der Waals surface area contributed by atoms with E-state index in [-0.39, 0.29) is 30.6 Å². The van der Waals surface area contributed by atoms with Crippen LogP contribution >= 0.6 is 0 Å². The number of nitrogens with two attached hydrogens (primary N) is 1. The summed E-state index contributed by atoms with van der Waals surface area (Å²) in [6.45, 7) is 13.7. The number of likely N-dealkylation sites (tertiary alicyclic amines) is 1. The van der Waals surface area contributed by atoms with Crippen LogP contribution in [-0.4, -0.2) is 105 Å². The number of piperazine rings is 1. The Kier molecular flexibility index (Phi) is 12.5. The summed E-state index contributed by atoms with van der Waals surface area (Å²) in [7, 11) is 0. The minimum atomic E-state index is -0.304. The van der Waals surface area contributed by atoms with Crippen LogP contribution in [0.5, 0.6) is 0 Å². The van der Waals surface area contributed by atoms with Crippen molar-refractivity contribution < 1.29 is 10.2 Å². The molecule has 2 unspecified atom stereocenters. The Morgan fingerprint density at radius 2 is 1.90 bits per heavy atom. The van der Waals surface area contributed by atoms with Crippen molar-refractivity contribution in [3.63, 3.8) is 0 Å². The van der Waals surface area contributed by atoms with E-state index in [1.54, 1.807) is 13.8 Å². The summed E-state index contributed by atoms with van der Waals surface area (Å²) in [6, 6.07) is 0.795. The third-order valence-corrected chi connectivity index (χ3v) is 7.93. The second-order valence-corrected chi connectivity index (χ2v) is 10.9. The van der Waals surface area contributed by atoms with E-state index in [1.807, 2.05) is 24.0 Å². The highest BCUT2D eigenvalue weighted by molar-refractivity contribution is 6.01. The number of aliphatic hydroxyl groups is 2. The Balaban J connectivity index is 1.64. The van der Waals surface area contributed by atoms with Crippen molar-refractivity contribution in [2.75, 3.05) is 56.6 Å². The second kappa shape index (κ2) is 15.8. The van der Waals surface area contributed by atoms with Crippen LogP contribution in [0.4, 0.5) is 11.6 Å². The molecule has 2 aliphatic rings. The molecule has 0 saturated carbocycles. The lowest BCUT2D eigenvalue weighted by atomic mass is 9.97. The summed E-state index contributed by atoms with van der Waals surface area (Å²) in [5.74, 6) is 0.527. The van der Waals surface area contributed by atoms with Gasteiger partial charge in [0.1, 0.15) is 5.69 Å². The van der Waals surface area contributed by atoms with E-state index in [0.29, 0.717) is 48.1 Å². The van der Waals surface area contributed by atoms with E-state index in [1.165, 1.54) is 5.57 Å². The monoisotopic (exact) mass is 568 g/mol. The maximum atomic E-state index is 13.0. The van der Waals surface area contributed by atoms with Crippen LogP contribution in [0.15, 0.2) is 51.0 Å². The van der Waals surface area contributed by atoms with Crippen LogP contribution in [0.2, 0.25) is 0 Å². The normalized spacial score (nSPS) is 21.9. The van der Waals surface area contributed by atoms with E-state index >= 15 is 0 Å². The quantitative estimate of drug-likeness (QED) is 0.181. The minimum Gasteiger partial charge on any atom is -0.394 e. The molecular weight excluding hydrogens is 520 g/mol. The van der Waals surface area contributed by atoms with E-state index in [2.05, 4.69) is 62.0 Å². The molecule has 41 heavy (non-hydrogen) atoms. The standard InChI is InChI=1S/C30H48N8O3/c1-6-9-21(3)10-8-11-26(20-40)36-14-12-25(13-15-36)38-17-16-37(18-24(38)7-2)29-30(41)32-27(28(31)33-29)23(5)35-34-22(4)19-39/h6,8-11,24-26,39-40H,7,12-20H2,1-5H3,(H2,31,33)(H,32,41)/b9-6-,11-8+,21-10-,34-22+,35-23+. The molecule has 2 fully saturated rings. The summed E-state index contributed by atoms with van der Waals surface area (Å²) < 4.78 is 0. The maximum Gasteiger partial charge on any atom is 0.291 e. The van der Waals surface area contributed by atoms with Crippen LogP contribution in [0.25, 0.3) is 0 Å². The van der Waals surface area contributed by atoms with Crippen molar-refractivity contribution in [2.24, 2.45) is 10.2 Å². The topological polar surface area (TPSA) is 147 Å². The number of rotatable bonds is 11. The molecule has 0 bridgehead atoms. The van der Waals surface area contributed by atoms with Crippen molar-refractivity contribution in [1.29, 1.82) is 0 Å². The number of piperidine rings is 1. The number of hydrogen-bond donors (Lipinski definition) is 4. The van der Waals surface area contributed by atoms with Gasteiger partial charge in [0.05, 0.1) is 30.7 Å². The molecule has 1 aromatic heterocycles. The van der Waals surface area contributed by atoms with Gasteiger partial charge in [0.15, 0.2) is 11.6 Å². The Morgan fingerprint density at radius 3 is 2.54 bits per heavy atom. The molecule has 11 nitrogen and oxygen atoms in total. The average Bonchev–Trinajstić information content (AvgIpc) is 2.98. The first-order valence-corrected chi connectivity index (χ1v) is 14.6. The van der Waals surface area contributed by atoms with Crippen LogP contribution in [0.3, 0.4) is 0 Å². The molecule has 0 amide bonds. The Morgan fingerprint density at radius 1 is 1.17 bits per heavy atom. The highest BCUT2D eigenvalue weighted by atomic mass is 16.3. The number of aliphatic hydroxyl groups excluding tert-OH is 2. The Bertz CT molecular complexity index is 1210. The molecule has 1 aromatic rings. The third kappa shape index (κ3) is 8.68. The fraction of sp³-hybridized carbons (Fsp3) is 0.600. The number of aromatic nitrogens is 2. The first-order chi connectivity index (χ1) is 19.7. The number of hydrogen-bond acceptors (Lipinski definition) is 10. The van der Waals surface area contributed by atoms with Gasteiger partial charge in [-0.3, -0.25) is 14.6 Å². The van der Waals surface area contributed by atoms with Crippen molar-refractivity contribution in [3.05, 3.63) is 52.0 Å². The zero-order valence-corrected chi connectivity index (χ0v) is 25.3. The molecule has 2 saturated heterocycles. The van der Waals surface area contributed by atoms with Gasteiger partial charge in [-0.1, -0.05) is 42.9 Å².